The zero-order valence-corrected chi connectivity index (χ0v) is 17.3. The number of nitrogens with one attached hydrogen (secondary N) is 2. The number of ether oxygens (including phenoxy) is 3. The van der Waals surface area contributed by atoms with E-state index in [9.17, 15) is 0 Å². The lowest BCUT2D eigenvalue weighted by Crippen LogP contribution is -2.10. The quantitative estimate of drug-likeness (QED) is 0.313. The Hall–Kier alpha value is -3.33. The van der Waals surface area contributed by atoms with E-state index in [1.807, 2.05) is 56.3 Å². The van der Waals surface area contributed by atoms with E-state index in [4.69, 9.17) is 26.4 Å². The molecule has 0 saturated heterocycles. The fourth-order valence-corrected chi connectivity index (χ4v) is 2.82. The topological polar surface area (TPSA) is 85.7 Å². The molecule has 1 aromatic heterocycles. The zero-order valence-electron chi connectivity index (χ0n) is 16.5. The molecule has 0 aliphatic rings. The highest BCUT2D eigenvalue weighted by Crippen LogP contribution is 2.27. The van der Waals surface area contributed by atoms with Gasteiger partial charge in [0.25, 0.3) is 0 Å². The van der Waals surface area contributed by atoms with Gasteiger partial charge in [0.15, 0.2) is 17.3 Å². The molecule has 0 atom stereocenters. The number of aromatic amines is 1. The molecule has 9 heteroatoms. The molecular formula is C20H23N5O3S. The normalized spacial score (nSPS) is 10.9. The van der Waals surface area contributed by atoms with E-state index < -0.39 is 0 Å². The van der Waals surface area contributed by atoms with Crippen molar-refractivity contribution >= 4 is 18.4 Å². The van der Waals surface area contributed by atoms with Gasteiger partial charge in [0, 0.05) is 5.56 Å². The lowest BCUT2D eigenvalue weighted by Gasteiger charge is -2.09. The second-order valence-corrected chi connectivity index (χ2v) is 6.23. The van der Waals surface area contributed by atoms with Crippen LogP contribution >= 0.6 is 12.2 Å². The van der Waals surface area contributed by atoms with Crippen LogP contribution in [0.25, 0.3) is 11.4 Å². The van der Waals surface area contributed by atoms with Crippen molar-refractivity contribution in [1.82, 2.24) is 14.9 Å². The highest BCUT2D eigenvalue weighted by Gasteiger charge is 2.09. The number of hydrogen-bond acceptors (Lipinski definition) is 7. The largest absolute Gasteiger partial charge is 0.494 e. The number of hydrogen-bond donors (Lipinski definition) is 2. The van der Waals surface area contributed by atoms with E-state index in [1.54, 1.807) is 18.0 Å². The van der Waals surface area contributed by atoms with Gasteiger partial charge in [-0.3, -0.25) is 0 Å². The molecule has 1 heterocycles. The molecule has 3 rings (SSSR count). The van der Waals surface area contributed by atoms with Gasteiger partial charge in [-0.1, -0.05) is 0 Å². The lowest BCUT2D eigenvalue weighted by molar-refractivity contribution is 0.311. The third-order valence-corrected chi connectivity index (χ3v) is 4.23. The van der Waals surface area contributed by atoms with Gasteiger partial charge in [0.2, 0.25) is 4.77 Å². The Balaban J connectivity index is 1.77. The molecule has 0 fully saturated rings. The summed E-state index contributed by atoms with van der Waals surface area (Å²) in [6, 6.07) is 13.2. The van der Waals surface area contributed by atoms with Crippen molar-refractivity contribution in [3.05, 3.63) is 52.8 Å². The van der Waals surface area contributed by atoms with Crippen LogP contribution in [-0.2, 0) is 0 Å². The van der Waals surface area contributed by atoms with Crippen molar-refractivity contribution in [2.24, 2.45) is 5.10 Å². The van der Waals surface area contributed by atoms with Crippen LogP contribution in [0, 0.1) is 4.77 Å². The van der Waals surface area contributed by atoms with Crippen LogP contribution in [-0.4, -0.2) is 41.4 Å². The minimum Gasteiger partial charge on any atom is -0.494 e. The third-order valence-electron chi connectivity index (χ3n) is 3.95. The van der Waals surface area contributed by atoms with Crippen molar-refractivity contribution in [3.8, 4) is 28.6 Å². The van der Waals surface area contributed by atoms with E-state index >= 15 is 0 Å². The summed E-state index contributed by atoms with van der Waals surface area (Å²) in [7, 11) is 1.60. The minimum atomic E-state index is 0.398. The van der Waals surface area contributed by atoms with Gasteiger partial charge in [-0.15, -0.1) is 0 Å². The van der Waals surface area contributed by atoms with Crippen molar-refractivity contribution in [2.45, 2.75) is 13.8 Å². The van der Waals surface area contributed by atoms with Crippen LogP contribution in [0.3, 0.4) is 0 Å². The first-order valence-electron chi connectivity index (χ1n) is 9.16. The van der Waals surface area contributed by atoms with Gasteiger partial charge in [-0.2, -0.15) is 14.9 Å². The maximum atomic E-state index is 5.53. The van der Waals surface area contributed by atoms with Crippen LogP contribution in [0.5, 0.6) is 17.2 Å². The second-order valence-electron chi connectivity index (χ2n) is 5.85. The van der Waals surface area contributed by atoms with Gasteiger partial charge >= 0.3 is 0 Å². The van der Waals surface area contributed by atoms with Gasteiger partial charge < -0.3 is 14.2 Å². The zero-order chi connectivity index (χ0) is 20.6. The fraction of sp³-hybridized carbons (Fsp3) is 0.250. The number of aromatic nitrogens is 3. The summed E-state index contributed by atoms with van der Waals surface area (Å²) in [5, 5.41) is 11.3. The number of nitrogens with zero attached hydrogens (tertiary/aromatic N) is 3. The summed E-state index contributed by atoms with van der Waals surface area (Å²) in [5.41, 5.74) is 4.62. The van der Waals surface area contributed by atoms with Crippen LogP contribution in [0.4, 0.5) is 0 Å². The molecule has 0 amide bonds. The molecule has 3 aromatic rings. The lowest BCUT2D eigenvalue weighted by atomic mass is 10.2. The molecule has 2 N–H and O–H groups in total. The van der Waals surface area contributed by atoms with E-state index in [0.29, 0.717) is 35.3 Å². The molecule has 0 radical (unpaired) electrons. The Morgan fingerprint density at radius 1 is 1.10 bits per heavy atom. The fourth-order valence-electron chi connectivity index (χ4n) is 2.65. The summed E-state index contributed by atoms with van der Waals surface area (Å²) in [5.74, 6) is 2.74. The molecule has 29 heavy (non-hydrogen) atoms. The number of hydrazone groups is 1. The van der Waals surface area contributed by atoms with E-state index in [-0.39, 0.29) is 0 Å². The van der Waals surface area contributed by atoms with Crippen LogP contribution in [0.2, 0.25) is 0 Å². The molecule has 0 aliphatic carbocycles. The predicted molar refractivity (Wildman–Crippen MR) is 115 cm³/mol. The summed E-state index contributed by atoms with van der Waals surface area (Å²) in [4.78, 5) is 0. The number of rotatable bonds is 9. The molecular weight excluding hydrogens is 390 g/mol. The van der Waals surface area contributed by atoms with Crippen molar-refractivity contribution in [3.63, 3.8) is 0 Å². The average molecular weight is 414 g/mol. The average Bonchev–Trinajstić information content (AvgIpc) is 3.10. The van der Waals surface area contributed by atoms with Crippen LogP contribution in [0.1, 0.15) is 19.4 Å². The Labute approximate surface area is 174 Å². The maximum absolute atomic E-state index is 5.53. The first kappa shape index (κ1) is 20.4. The van der Waals surface area contributed by atoms with Gasteiger partial charge in [-0.25, -0.2) is 10.6 Å². The molecule has 0 saturated carbocycles. The maximum Gasteiger partial charge on any atom is 0.216 e. The Bertz CT molecular complexity index is 1030. The third kappa shape index (κ3) is 4.94. The van der Waals surface area contributed by atoms with E-state index in [0.717, 1.165) is 16.9 Å². The highest BCUT2D eigenvalue weighted by atomic mass is 32.1. The predicted octanol–water partition coefficient (Wildman–Crippen LogP) is 3.99. The standard InChI is InChI=1S/C20H23N5O3S/c1-4-27-16-9-7-15(8-10-16)19-22-23-20(29)25(19)24-21-13-14-6-11-17(28-5-2)18(12-14)26-3/h6-13,24H,4-5H2,1-3H3,(H,23,29)/b21-13-. The first-order chi connectivity index (χ1) is 14.2. The van der Waals surface area contributed by atoms with Crippen LogP contribution in [0.15, 0.2) is 47.6 Å². The van der Waals surface area contributed by atoms with Gasteiger partial charge in [0.05, 0.1) is 26.5 Å². The Morgan fingerprint density at radius 3 is 2.55 bits per heavy atom. The molecule has 0 spiro atoms. The number of benzene rings is 2. The van der Waals surface area contributed by atoms with Crippen molar-refractivity contribution in [1.29, 1.82) is 0 Å². The number of methoxy groups -OCH3 is 1. The monoisotopic (exact) mass is 413 g/mol. The van der Waals surface area contributed by atoms with Crippen LogP contribution < -0.4 is 19.7 Å². The molecule has 2 aromatic carbocycles. The second kappa shape index (κ2) is 9.74. The first-order valence-corrected chi connectivity index (χ1v) is 9.57. The van der Waals surface area contributed by atoms with E-state index in [1.165, 1.54) is 0 Å². The minimum absolute atomic E-state index is 0.398. The summed E-state index contributed by atoms with van der Waals surface area (Å²) >= 11 is 5.30. The summed E-state index contributed by atoms with van der Waals surface area (Å²) in [6.45, 7) is 5.05. The molecule has 152 valence electrons. The van der Waals surface area contributed by atoms with Crippen molar-refractivity contribution in [2.75, 3.05) is 25.9 Å². The molecule has 0 bridgehead atoms. The molecule has 0 unspecified atom stereocenters. The Kier molecular flexibility index (Phi) is 6.85. The summed E-state index contributed by atoms with van der Waals surface area (Å²) in [6.07, 6.45) is 1.66. The smallest absolute Gasteiger partial charge is 0.216 e. The molecule has 0 aliphatic heterocycles. The Morgan fingerprint density at radius 2 is 1.86 bits per heavy atom. The highest BCUT2D eigenvalue weighted by molar-refractivity contribution is 7.71. The van der Waals surface area contributed by atoms with Gasteiger partial charge in [-0.05, 0) is 74.1 Å². The van der Waals surface area contributed by atoms with Crippen molar-refractivity contribution < 1.29 is 14.2 Å². The molecule has 8 nitrogen and oxygen atoms in total. The van der Waals surface area contributed by atoms with E-state index in [2.05, 4.69) is 20.8 Å². The summed E-state index contributed by atoms with van der Waals surface area (Å²) < 4.78 is 18.3. The SMILES string of the molecule is CCOc1ccc(-c2n[nH]c(=S)n2N/N=C\c2ccc(OCC)c(OC)c2)cc1. The van der Waals surface area contributed by atoms with Gasteiger partial charge in [0.1, 0.15) is 5.75 Å². The number of H-pyrrole nitrogens is 1.